The molecule has 0 nitrogen and oxygen atoms in total. The Bertz CT molecular complexity index is 7.51. The Hall–Kier alpha value is 1.81. The first kappa shape index (κ1) is 25.0. The van der Waals surface area contributed by atoms with E-state index in [9.17, 15) is 0 Å². The van der Waals surface area contributed by atoms with Crippen molar-refractivity contribution in [3.8, 4) is 0 Å². The standard InChI is InChI=1S/2C2H6.Be.K.3H/c2*1-2;;;;;/h2*1-2H3;;;;;. The molecule has 0 heterocycles. The second-order valence-electron chi connectivity index (χ2n) is 0. The van der Waals surface area contributed by atoms with Crippen LogP contribution in [0.2, 0.25) is 0 Å². The van der Waals surface area contributed by atoms with Crippen molar-refractivity contribution in [1.82, 2.24) is 0 Å². The predicted octanol–water partition coefficient (Wildman–Crippen LogP) is 0.488. The molecule has 0 saturated heterocycles. The molecule has 0 atom stereocenters. The topological polar surface area (TPSA) is 0 Å². The van der Waals surface area contributed by atoms with Crippen LogP contribution in [0, 0.1) is 0 Å². The zero-order chi connectivity index (χ0) is 4.00. The van der Waals surface area contributed by atoms with Crippen molar-refractivity contribution in [2.45, 2.75) is 27.7 Å². The summed E-state index contributed by atoms with van der Waals surface area (Å²) in [7, 11) is 0. The molecule has 0 rings (SSSR count). The Kier molecular flexibility index (Phi) is 293. The van der Waals surface area contributed by atoms with Gasteiger partial charge in [-0.05, 0) is 0 Å². The van der Waals surface area contributed by atoms with E-state index >= 15 is 0 Å². The molecule has 0 aromatic carbocycles. The molecular weight excluding hydrogens is 96.2 g/mol. The third-order valence-electron chi connectivity index (χ3n) is 0. The van der Waals surface area contributed by atoms with Crippen molar-refractivity contribution in [2.75, 3.05) is 0 Å². The van der Waals surface area contributed by atoms with Gasteiger partial charge in [-0.1, -0.05) is 27.7 Å². The first-order valence-corrected chi connectivity index (χ1v) is 2.00. The van der Waals surface area contributed by atoms with Crippen LogP contribution < -0.4 is 0 Å². The molecule has 6 heavy (non-hydrogen) atoms. The monoisotopic (exact) mass is 111 g/mol. The molecule has 34 valence electrons. The molecule has 0 saturated carbocycles. The van der Waals surface area contributed by atoms with Crippen LogP contribution in [-0.4, -0.2) is 61.5 Å². The predicted molar refractivity (Wildman–Crippen MR) is 38.4 cm³/mol. The van der Waals surface area contributed by atoms with Crippen molar-refractivity contribution < 1.29 is 0 Å². The van der Waals surface area contributed by atoms with Crippen LogP contribution in [0.4, 0.5) is 0 Å². The Morgan fingerprint density at radius 3 is 0.667 bits per heavy atom. The van der Waals surface area contributed by atoms with E-state index in [4.69, 9.17) is 0 Å². The quantitative estimate of drug-likeness (QED) is 0.399. The van der Waals surface area contributed by atoms with E-state index in [1.54, 1.807) is 0 Å². The van der Waals surface area contributed by atoms with Gasteiger partial charge in [-0.2, -0.15) is 0 Å². The van der Waals surface area contributed by atoms with Gasteiger partial charge in [-0.3, -0.25) is 0 Å². The van der Waals surface area contributed by atoms with Gasteiger partial charge in [-0.15, -0.1) is 0 Å². The summed E-state index contributed by atoms with van der Waals surface area (Å²) in [6.45, 7) is 8.00. The number of hydrogen-bond donors (Lipinski definition) is 0. The van der Waals surface area contributed by atoms with Crippen LogP contribution in [-0.2, 0) is 0 Å². The minimum atomic E-state index is 0. The van der Waals surface area contributed by atoms with Crippen LogP contribution in [0.5, 0.6) is 0 Å². The second kappa shape index (κ2) is 70.4. The Morgan fingerprint density at radius 2 is 0.667 bits per heavy atom. The summed E-state index contributed by atoms with van der Waals surface area (Å²) in [6, 6.07) is 0. The van der Waals surface area contributed by atoms with Crippen LogP contribution in [0.15, 0.2) is 0 Å². The third kappa shape index (κ3) is 41.1. The van der Waals surface area contributed by atoms with Gasteiger partial charge < -0.3 is 0 Å². The fourth-order valence-electron chi connectivity index (χ4n) is 0. The van der Waals surface area contributed by atoms with Crippen LogP contribution >= 0.6 is 0 Å². The van der Waals surface area contributed by atoms with Gasteiger partial charge in [0.05, 0.1) is 0 Å². The fourth-order valence-corrected chi connectivity index (χ4v) is 0. The number of hydrogen-bond acceptors (Lipinski definition) is 0. The summed E-state index contributed by atoms with van der Waals surface area (Å²) in [4.78, 5) is 0. The first-order valence-electron chi connectivity index (χ1n) is 2.00. The second-order valence-corrected chi connectivity index (χ2v) is 0. The van der Waals surface area contributed by atoms with Crippen LogP contribution in [0.1, 0.15) is 27.7 Å². The average molecular weight is 111 g/mol. The van der Waals surface area contributed by atoms with E-state index in [-0.39, 0.29) is 61.5 Å². The van der Waals surface area contributed by atoms with Gasteiger partial charge in [0.25, 0.3) is 0 Å². The maximum absolute atomic E-state index is 2.00. The molecule has 0 aromatic rings. The van der Waals surface area contributed by atoms with Gasteiger partial charge in [0.2, 0.25) is 0 Å². The summed E-state index contributed by atoms with van der Waals surface area (Å²) >= 11 is 0. The van der Waals surface area contributed by atoms with E-state index < -0.39 is 0 Å². The van der Waals surface area contributed by atoms with E-state index in [1.807, 2.05) is 27.7 Å². The van der Waals surface area contributed by atoms with Gasteiger partial charge in [-0.25, -0.2) is 0 Å². The van der Waals surface area contributed by atoms with Crippen molar-refractivity contribution >= 4 is 61.5 Å². The Labute approximate surface area is 87.7 Å². The molecular formula is C4H15BeK. The van der Waals surface area contributed by atoms with E-state index in [0.717, 1.165) is 0 Å². The maximum atomic E-state index is 2.00. The Morgan fingerprint density at radius 1 is 0.667 bits per heavy atom. The van der Waals surface area contributed by atoms with E-state index in [1.165, 1.54) is 0 Å². The summed E-state index contributed by atoms with van der Waals surface area (Å²) < 4.78 is 0. The molecule has 0 aliphatic carbocycles. The molecule has 0 amide bonds. The summed E-state index contributed by atoms with van der Waals surface area (Å²) in [5.74, 6) is 0. The van der Waals surface area contributed by atoms with E-state index in [2.05, 4.69) is 0 Å². The normalized spacial score (nSPS) is 2.00. The summed E-state index contributed by atoms with van der Waals surface area (Å²) in [5.41, 5.74) is 0. The summed E-state index contributed by atoms with van der Waals surface area (Å²) in [5, 5.41) is 0. The fraction of sp³-hybridized carbons (Fsp3) is 1.00. The zero-order valence-electron chi connectivity index (χ0n) is 4.00. The SMILES string of the molecule is CC.CC.[BeH2].[KH]. The van der Waals surface area contributed by atoms with Crippen LogP contribution in [0.25, 0.3) is 0 Å². The average Bonchev–Trinajstić information content (AvgIpc) is 1.50. The van der Waals surface area contributed by atoms with E-state index in [0.29, 0.717) is 0 Å². The van der Waals surface area contributed by atoms with Crippen LogP contribution in [0.3, 0.4) is 0 Å². The molecule has 0 aromatic heterocycles. The molecule has 0 fully saturated rings. The van der Waals surface area contributed by atoms with Crippen molar-refractivity contribution in [3.05, 3.63) is 0 Å². The molecule has 2 heteroatoms. The molecule has 0 aliphatic rings. The molecule has 0 spiro atoms. The third-order valence-corrected chi connectivity index (χ3v) is 0. The van der Waals surface area contributed by atoms with Crippen molar-refractivity contribution in [3.63, 3.8) is 0 Å². The molecule has 0 aliphatic heterocycles. The van der Waals surface area contributed by atoms with Crippen molar-refractivity contribution in [1.29, 1.82) is 0 Å². The summed E-state index contributed by atoms with van der Waals surface area (Å²) in [6.07, 6.45) is 0. The zero-order valence-corrected chi connectivity index (χ0v) is 4.00. The van der Waals surface area contributed by atoms with Gasteiger partial charge >= 0.3 is 61.5 Å². The first-order chi connectivity index (χ1) is 2.00. The number of rotatable bonds is 0. The van der Waals surface area contributed by atoms with Crippen molar-refractivity contribution in [2.24, 2.45) is 0 Å². The molecule has 0 bridgehead atoms. The molecule has 0 unspecified atom stereocenters. The molecule has 0 radical (unpaired) electrons. The van der Waals surface area contributed by atoms with Gasteiger partial charge in [0, 0.05) is 0 Å². The minimum absolute atomic E-state index is 0. The molecule has 0 N–H and O–H groups in total. The van der Waals surface area contributed by atoms with Gasteiger partial charge in [0.15, 0.2) is 0 Å². The Balaban J connectivity index is -0.00000000500. The van der Waals surface area contributed by atoms with Gasteiger partial charge in [0.1, 0.15) is 0 Å².